The van der Waals surface area contributed by atoms with E-state index < -0.39 is 0 Å². The maximum absolute atomic E-state index is 11.9. The number of amides is 2. The summed E-state index contributed by atoms with van der Waals surface area (Å²) in [5, 5.41) is 0. The summed E-state index contributed by atoms with van der Waals surface area (Å²) in [6, 6.07) is 5.85. The Hall–Kier alpha value is -3.16. The summed E-state index contributed by atoms with van der Waals surface area (Å²) in [4.78, 5) is 38.2. The summed E-state index contributed by atoms with van der Waals surface area (Å²) in [7, 11) is 1.70. The van der Waals surface area contributed by atoms with Gasteiger partial charge in [0.15, 0.2) is 0 Å². The van der Waals surface area contributed by atoms with Crippen LogP contribution in [0.2, 0.25) is 0 Å². The highest BCUT2D eigenvalue weighted by molar-refractivity contribution is 5.90. The van der Waals surface area contributed by atoms with Crippen LogP contribution >= 0.6 is 0 Å². The average molecular weight is 381 g/mol. The molecule has 2 aromatic rings. The van der Waals surface area contributed by atoms with Gasteiger partial charge in [0.05, 0.1) is 23.8 Å². The third-order valence-corrected chi connectivity index (χ3v) is 5.24. The SMILES string of the molecule is CCC(=O)N1CCN(c2cncc(-c3ccc4c(c3)COC(=O)N4C)n2)CC1. The quantitative estimate of drug-likeness (QED) is 0.812. The van der Waals surface area contributed by atoms with Crippen molar-refractivity contribution in [3.8, 4) is 11.3 Å². The van der Waals surface area contributed by atoms with Crippen LogP contribution in [0.5, 0.6) is 0 Å². The van der Waals surface area contributed by atoms with Crippen molar-refractivity contribution in [2.24, 2.45) is 0 Å². The van der Waals surface area contributed by atoms with Gasteiger partial charge in [-0.25, -0.2) is 9.78 Å². The number of carbonyl (C=O) groups excluding carboxylic acids is 2. The number of piperazine rings is 1. The Morgan fingerprint density at radius 2 is 1.96 bits per heavy atom. The first-order chi connectivity index (χ1) is 13.6. The summed E-state index contributed by atoms with van der Waals surface area (Å²) in [6.45, 7) is 5.04. The number of benzene rings is 1. The standard InChI is InChI=1S/C20H23N5O3/c1-3-19(26)25-8-6-24(7-9-25)18-12-21-11-16(22-18)14-4-5-17-15(10-14)13-28-20(27)23(17)2/h4-5,10-12H,3,6-9,13H2,1-2H3. The van der Waals surface area contributed by atoms with E-state index in [1.54, 1.807) is 19.4 Å². The minimum Gasteiger partial charge on any atom is -0.444 e. The third kappa shape index (κ3) is 3.37. The van der Waals surface area contributed by atoms with Crippen LogP contribution in [-0.4, -0.2) is 60.1 Å². The van der Waals surface area contributed by atoms with E-state index in [4.69, 9.17) is 9.72 Å². The number of carbonyl (C=O) groups is 2. The molecule has 3 heterocycles. The van der Waals surface area contributed by atoms with E-state index in [1.807, 2.05) is 30.0 Å². The van der Waals surface area contributed by atoms with Crippen LogP contribution < -0.4 is 9.80 Å². The molecule has 0 radical (unpaired) electrons. The molecule has 146 valence electrons. The molecule has 4 rings (SSSR count). The van der Waals surface area contributed by atoms with Gasteiger partial charge in [-0.1, -0.05) is 13.0 Å². The van der Waals surface area contributed by atoms with Gasteiger partial charge in [-0.15, -0.1) is 0 Å². The largest absolute Gasteiger partial charge is 0.444 e. The molecule has 0 N–H and O–H groups in total. The number of cyclic esters (lactones) is 1. The Morgan fingerprint density at radius 3 is 2.71 bits per heavy atom. The molecule has 0 bridgehead atoms. The van der Waals surface area contributed by atoms with E-state index in [-0.39, 0.29) is 18.6 Å². The van der Waals surface area contributed by atoms with Crippen molar-refractivity contribution in [3.05, 3.63) is 36.2 Å². The molecular weight excluding hydrogens is 358 g/mol. The fraction of sp³-hybridized carbons (Fsp3) is 0.400. The number of hydrogen-bond acceptors (Lipinski definition) is 6. The van der Waals surface area contributed by atoms with E-state index in [1.165, 1.54) is 4.90 Å². The van der Waals surface area contributed by atoms with Gasteiger partial charge in [-0.05, 0) is 12.1 Å². The Kier molecular flexibility index (Phi) is 4.85. The molecule has 1 aromatic carbocycles. The van der Waals surface area contributed by atoms with Crippen LogP contribution in [0.25, 0.3) is 11.3 Å². The molecule has 28 heavy (non-hydrogen) atoms. The predicted octanol–water partition coefficient (Wildman–Crippen LogP) is 2.29. The predicted molar refractivity (Wildman–Crippen MR) is 105 cm³/mol. The maximum atomic E-state index is 11.9. The van der Waals surface area contributed by atoms with E-state index in [9.17, 15) is 9.59 Å². The smallest absolute Gasteiger partial charge is 0.414 e. The summed E-state index contributed by atoms with van der Waals surface area (Å²) in [5.74, 6) is 1.00. The van der Waals surface area contributed by atoms with Gasteiger partial charge in [-0.3, -0.25) is 14.7 Å². The second-order valence-corrected chi connectivity index (χ2v) is 6.94. The van der Waals surface area contributed by atoms with Crippen molar-refractivity contribution in [1.29, 1.82) is 0 Å². The van der Waals surface area contributed by atoms with Gasteiger partial charge < -0.3 is 14.5 Å². The third-order valence-electron chi connectivity index (χ3n) is 5.24. The van der Waals surface area contributed by atoms with Crippen LogP contribution in [-0.2, 0) is 16.1 Å². The lowest BCUT2D eigenvalue weighted by Gasteiger charge is -2.35. The van der Waals surface area contributed by atoms with Crippen molar-refractivity contribution < 1.29 is 14.3 Å². The van der Waals surface area contributed by atoms with Gasteiger partial charge in [0, 0.05) is 50.8 Å². The van der Waals surface area contributed by atoms with Gasteiger partial charge in [0.2, 0.25) is 5.91 Å². The van der Waals surface area contributed by atoms with E-state index >= 15 is 0 Å². The number of ether oxygens (including phenoxy) is 1. The number of nitrogens with zero attached hydrogens (tertiary/aromatic N) is 5. The van der Waals surface area contributed by atoms with E-state index in [0.717, 1.165) is 41.4 Å². The molecule has 8 heteroatoms. The zero-order chi connectivity index (χ0) is 19.7. The molecule has 2 amide bonds. The molecular formula is C20H23N5O3. The highest BCUT2D eigenvalue weighted by atomic mass is 16.6. The Bertz CT molecular complexity index is 908. The summed E-state index contributed by atoms with van der Waals surface area (Å²) >= 11 is 0. The van der Waals surface area contributed by atoms with Crippen molar-refractivity contribution in [1.82, 2.24) is 14.9 Å². The minimum absolute atomic E-state index is 0.194. The Balaban J connectivity index is 1.54. The number of anilines is 2. The summed E-state index contributed by atoms with van der Waals surface area (Å²) in [6.07, 6.45) is 3.69. The molecule has 1 fully saturated rings. The first-order valence-electron chi connectivity index (χ1n) is 9.45. The molecule has 8 nitrogen and oxygen atoms in total. The number of hydrogen-bond donors (Lipinski definition) is 0. The first kappa shape index (κ1) is 18.2. The van der Waals surface area contributed by atoms with Crippen LogP contribution in [0.15, 0.2) is 30.6 Å². The van der Waals surface area contributed by atoms with Crippen LogP contribution in [0.3, 0.4) is 0 Å². The molecule has 0 saturated carbocycles. The van der Waals surface area contributed by atoms with Crippen LogP contribution in [0.4, 0.5) is 16.3 Å². The number of fused-ring (bicyclic) bond motifs is 1. The molecule has 0 unspecified atom stereocenters. The molecule has 2 aliphatic rings. The minimum atomic E-state index is -0.345. The highest BCUT2D eigenvalue weighted by Gasteiger charge is 2.24. The van der Waals surface area contributed by atoms with Crippen LogP contribution in [0.1, 0.15) is 18.9 Å². The van der Waals surface area contributed by atoms with Crippen molar-refractivity contribution in [2.45, 2.75) is 20.0 Å². The zero-order valence-corrected chi connectivity index (χ0v) is 16.1. The molecule has 1 aromatic heterocycles. The number of rotatable bonds is 3. The Labute approximate surface area is 163 Å². The first-order valence-corrected chi connectivity index (χ1v) is 9.45. The summed E-state index contributed by atoms with van der Waals surface area (Å²) in [5.41, 5.74) is 3.49. The van der Waals surface area contributed by atoms with Gasteiger partial charge in [0.25, 0.3) is 0 Å². The van der Waals surface area contributed by atoms with Gasteiger partial charge in [0.1, 0.15) is 12.4 Å². The van der Waals surface area contributed by atoms with Crippen molar-refractivity contribution in [3.63, 3.8) is 0 Å². The second kappa shape index (κ2) is 7.46. The monoisotopic (exact) mass is 381 g/mol. The molecule has 2 aliphatic heterocycles. The topological polar surface area (TPSA) is 78.9 Å². The normalized spacial score (nSPS) is 16.6. The van der Waals surface area contributed by atoms with E-state index in [0.29, 0.717) is 19.5 Å². The zero-order valence-electron chi connectivity index (χ0n) is 16.1. The van der Waals surface area contributed by atoms with Gasteiger partial charge >= 0.3 is 6.09 Å². The molecule has 0 aliphatic carbocycles. The lowest BCUT2D eigenvalue weighted by Crippen LogP contribution is -2.48. The van der Waals surface area contributed by atoms with E-state index in [2.05, 4.69) is 9.88 Å². The molecule has 1 saturated heterocycles. The fourth-order valence-corrected chi connectivity index (χ4v) is 3.58. The van der Waals surface area contributed by atoms with Crippen LogP contribution in [0, 0.1) is 0 Å². The average Bonchev–Trinajstić information content (AvgIpc) is 2.76. The molecule has 0 atom stereocenters. The lowest BCUT2D eigenvalue weighted by molar-refractivity contribution is -0.131. The second-order valence-electron chi connectivity index (χ2n) is 6.94. The highest BCUT2D eigenvalue weighted by Crippen LogP contribution is 2.30. The Morgan fingerprint density at radius 1 is 1.18 bits per heavy atom. The molecule has 0 spiro atoms. The maximum Gasteiger partial charge on any atom is 0.414 e. The summed E-state index contributed by atoms with van der Waals surface area (Å²) < 4.78 is 5.18. The fourth-order valence-electron chi connectivity index (χ4n) is 3.58. The van der Waals surface area contributed by atoms with Gasteiger partial charge in [-0.2, -0.15) is 0 Å². The lowest BCUT2D eigenvalue weighted by atomic mass is 10.1. The van der Waals surface area contributed by atoms with Crippen molar-refractivity contribution in [2.75, 3.05) is 43.0 Å². The number of aromatic nitrogens is 2. The van der Waals surface area contributed by atoms with Crippen molar-refractivity contribution >= 4 is 23.5 Å².